The lowest BCUT2D eigenvalue weighted by atomic mass is 9.90. The van der Waals surface area contributed by atoms with Gasteiger partial charge in [0.15, 0.2) is 0 Å². The van der Waals surface area contributed by atoms with Crippen LogP contribution in [-0.4, -0.2) is 47.6 Å². The van der Waals surface area contributed by atoms with E-state index in [4.69, 9.17) is 4.74 Å². The first-order valence-electron chi connectivity index (χ1n) is 8.45. The van der Waals surface area contributed by atoms with Crippen LogP contribution in [0, 0.1) is 17.0 Å². The number of rotatable bonds is 4. The summed E-state index contributed by atoms with van der Waals surface area (Å²) in [6.07, 6.45) is 4.79. The van der Waals surface area contributed by atoms with Crippen molar-refractivity contribution in [2.75, 3.05) is 25.0 Å². The van der Waals surface area contributed by atoms with E-state index in [0.29, 0.717) is 30.4 Å². The Labute approximate surface area is 141 Å². The summed E-state index contributed by atoms with van der Waals surface area (Å²) in [7, 11) is 0. The van der Waals surface area contributed by atoms with Crippen molar-refractivity contribution in [1.82, 2.24) is 4.90 Å². The third-order valence-corrected chi connectivity index (χ3v) is 4.89. The van der Waals surface area contributed by atoms with Crippen molar-refractivity contribution in [2.45, 2.75) is 44.8 Å². The number of carbonyl (C=O) groups is 1. The third-order valence-electron chi connectivity index (χ3n) is 4.89. The second-order valence-corrected chi connectivity index (χ2v) is 6.54. The van der Waals surface area contributed by atoms with Gasteiger partial charge in [-0.25, -0.2) is 0 Å². The van der Waals surface area contributed by atoms with Gasteiger partial charge < -0.3 is 10.1 Å². The SMILES string of the molecule is Cc1cc([N+](=O)[O-])ccc1NC(=O)CN1CCO[C@@H]2CCCC[C@@H]21. The number of fused-ring (bicyclic) bond motifs is 1. The second-order valence-electron chi connectivity index (χ2n) is 6.54. The molecule has 0 spiro atoms. The molecule has 7 heteroatoms. The van der Waals surface area contributed by atoms with E-state index >= 15 is 0 Å². The molecular formula is C17H23N3O4. The smallest absolute Gasteiger partial charge is 0.269 e. The number of hydrogen-bond donors (Lipinski definition) is 1. The zero-order chi connectivity index (χ0) is 17.1. The van der Waals surface area contributed by atoms with E-state index in [0.717, 1.165) is 19.4 Å². The van der Waals surface area contributed by atoms with Gasteiger partial charge in [-0.2, -0.15) is 0 Å². The van der Waals surface area contributed by atoms with Crippen molar-refractivity contribution in [1.29, 1.82) is 0 Å². The Morgan fingerprint density at radius 1 is 1.42 bits per heavy atom. The Morgan fingerprint density at radius 3 is 2.96 bits per heavy atom. The number of non-ortho nitro benzene ring substituents is 1. The van der Waals surface area contributed by atoms with Gasteiger partial charge in [0.05, 0.1) is 24.2 Å². The third kappa shape index (κ3) is 3.73. The van der Waals surface area contributed by atoms with E-state index in [2.05, 4.69) is 10.2 Å². The van der Waals surface area contributed by atoms with E-state index in [1.54, 1.807) is 13.0 Å². The molecule has 1 amide bonds. The van der Waals surface area contributed by atoms with Crippen molar-refractivity contribution >= 4 is 17.3 Å². The second kappa shape index (κ2) is 7.27. The van der Waals surface area contributed by atoms with Crippen LogP contribution in [0.3, 0.4) is 0 Å². The normalized spacial score (nSPS) is 24.2. The quantitative estimate of drug-likeness (QED) is 0.676. The summed E-state index contributed by atoms with van der Waals surface area (Å²) < 4.78 is 5.83. The van der Waals surface area contributed by atoms with Crippen LogP contribution < -0.4 is 5.32 Å². The van der Waals surface area contributed by atoms with Gasteiger partial charge in [0.2, 0.25) is 5.91 Å². The predicted molar refractivity (Wildman–Crippen MR) is 90.0 cm³/mol. The number of carbonyl (C=O) groups excluding carboxylic acids is 1. The maximum Gasteiger partial charge on any atom is 0.269 e. The molecule has 1 aliphatic carbocycles. The molecule has 1 saturated carbocycles. The molecule has 130 valence electrons. The number of nitrogens with zero attached hydrogens (tertiary/aromatic N) is 2. The number of aryl methyl sites for hydroxylation is 1. The highest BCUT2D eigenvalue weighted by Gasteiger charge is 2.34. The number of nitrogens with one attached hydrogen (secondary N) is 1. The fraction of sp³-hybridized carbons (Fsp3) is 0.588. The maximum atomic E-state index is 12.4. The van der Waals surface area contributed by atoms with E-state index in [1.807, 2.05) is 0 Å². The van der Waals surface area contributed by atoms with Crippen LogP contribution in [0.2, 0.25) is 0 Å². The summed E-state index contributed by atoms with van der Waals surface area (Å²) in [6, 6.07) is 4.81. The van der Waals surface area contributed by atoms with Crippen LogP contribution in [0.1, 0.15) is 31.2 Å². The molecular weight excluding hydrogens is 310 g/mol. The van der Waals surface area contributed by atoms with E-state index in [9.17, 15) is 14.9 Å². The minimum atomic E-state index is -0.435. The van der Waals surface area contributed by atoms with Crippen molar-refractivity contribution < 1.29 is 14.5 Å². The minimum absolute atomic E-state index is 0.0312. The molecule has 1 N–H and O–H groups in total. The number of amides is 1. The van der Waals surface area contributed by atoms with Crippen molar-refractivity contribution in [3.05, 3.63) is 33.9 Å². The zero-order valence-corrected chi connectivity index (χ0v) is 13.9. The first kappa shape index (κ1) is 16.9. The lowest BCUT2D eigenvalue weighted by Crippen LogP contribution is -2.54. The van der Waals surface area contributed by atoms with Gasteiger partial charge in [-0.1, -0.05) is 12.8 Å². The van der Waals surface area contributed by atoms with Crippen LogP contribution in [0.5, 0.6) is 0 Å². The zero-order valence-electron chi connectivity index (χ0n) is 13.9. The maximum absolute atomic E-state index is 12.4. The number of benzene rings is 1. The molecule has 24 heavy (non-hydrogen) atoms. The Kier molecular flexibility index (Phi) is 5.11. The first-order chi connectivity index (χ1) is 11.5. The van der Waals surface area contributed by atoms with Gasteiger partial charge in [0.25, 0.3) is 5.69 Å². The summed E-state index contributed by atoms with van der Waals surface area (Å²) in [6.45, 7) is 3.54. The number of nitro groups is 1. The molecule has 1 heterocycles. The van der Waals surface area contributed by atoms with E-state index in [1.165, 1.54) is 25.0 Å². The molecule has 2 atom stereocenters. The van der Waals surface area contributed by atoms with E-state index < -0.39 is 4.92 Å². The molecule has 0 aromatic heterocycles. The molecule has 1 aliphatic heterocycles. The number of morpholine rings is 1. The lowest BCUT2D eigenvalue weighted by Gasteiger charge is -2.43. The van der Waals surface area contributed by atoms with Crippen LogP contribution >= 0.6 is 0 Å². The molecule has 0 unspecified atom stereocenters. The molecule has 0 radical (unpaired) electrons. The average Bonchev–Trinajstić information content (AvgIpc) is 2.57. The standard InChI is InChI=1S/C17H23N3O4/c1-12-10-13(20(22)23)6-7-14(12)18-17(21)11-19-8-9-24-16-5-3-2-4-15(16)19/h6-7,10,15-16H,2-5,8-9,11H2,1H3,(H,18,21)/t15-,16+/m0/s1. The van der Waals surface area contributed by atoms with Crippen LogP contribution in [0.25, 0.3) is 0 Å². The van der Waals surface area contributed by atoms with Gasteiger partial charge in [-0.15, -0.1) is 0 Å². The van der Waals surface area contributed by atoms with Crippen molar-refractivity contribution in [3.8, 4) is 0 Å². The molecule has 2 fully saturated rings. The van der Waals surface area contributed by atoms with Gasteiger partial charge in [-0.05, 0) is 31.4 Å². The predicted octanol–water partition coefficient (Wildman–Crippen LogP) is 2.49. The number of hydrogen-bond acceptors (Lipinski definition) is 5. The van der Waals surface area contributed by atoms with Crippen LogP contribution in [-0.2, 0) is 9.53 Å². The molecule has 1 aromatic carbocycles. The summed E-state index contributed by atoms with van der Waals surface area (Å²) in [4.78, 5) is 25.0. The van der Waals surface area contributed by atoms with Gasteiger partial charge in [0, 0.05) is 30.4 Å². The van der Waals surface area contributed by atoms with Gasteiger partial charge in [0.1, 0.15) is 0 Å². The molecule has 7 nitrogen and oxygen atoms in total. The molecule has 2 aliphatic rings. The topological polar surface area (TPSA) is 84.7 Å². The monoisotopic (exact) mass is 333 g/mol. The van der Waals surface area contributed by atoms with Gasteiger partial charge >= 0.3 is 0 Å². The summed E-state index contributed by atoms with van der Waals surface area (Å²) in [5.41, 5.74) is 1.35. The highest BCUT2D eigenvalue weighted by Crippen LogP contribution is 2.28. The average molecular weight is 333 g/mol. The Hall–Kier alpha value is -1.99. The Bertz CT molecular complexity index is 632. The fourth-order valence-electron chi connectivity index (χ4n) is 3.65. The molecule has 1 saturated heterocycles. The molecule has 3 rings (SSSR count). The highest BCUT2D eigenvalue weighted by atomic mass is 16.6. The van der Waals surface area contributed by atoms with Crippen molar-refractivity contribution in [3.63, 3.8) is 0 Å². The first-order valence-corrected chi connectivity index (χ1v) is 8.45. The summed E-state index contributed by atoms with van der Waals surface area (Å²) in [5.74, 6) is -0.0850. The summed E-state index contributed by atoms with van der Waals surface area (Å²) in [5, 5.41) is 13.7. The van der Waals surface area contributed by atoms with Crippen LogP contribution in [0.15, 0.2) is 18.2 Å². The molecule has 1 aromatic rings. The number of nitro benzene ring substituents is 1. The number of anilines is 1. The van der Waals surface area contributed by atoms with E-state index in [-0.39, 0.29) is 17.7 Å². The van der Waals surface area contributed by atoms with Crippen LogP contribution in [0.4, 0.5) is 11.4 Å². The van der Waals surface area contributed by atoms with Crippen molar-refractivity contribution in [2.24, 2.45) is 0 Å². The molecule has 0 bridgehead atoms. The summed E-state index contributed by atoms with van der Waals surface area (Å²) >= 11 is 0. The highest BCUT2D eigenvalue weighted by molar-refractivity contribution is 5.93. The lowest BCUT2D eigenvalue weighted by molar-refractivity contribution is -0.384. The number of ether oxygens (including phenoxy) is 1. The fourth-order valence-corrected chi connectivity index (χ4v) is 3.65. The van der Waals surface area contributed by atoms with Gasteiger partial charge in [-0.3, -0.25) is 19.8 Å². The largest absolute Gasteiger partial charge is 0.375 e. The Morgan fingerprint density at radius 2 is 2.21 bits per heavy atom. The Balaban J connectivity index is 1.62. The minimum Gasteiger partial charge on any atom is -0.375 e.